The summed E-state index contributed by atoms with van der Waals surface area (Å²) in [6.45, 7) is 3.23. The molecule has 0 saturated heterocycles. The van der Waals surface area contributed by atoms with Gasteiger partial charge in [0.1, 0.15) is 17.1 Å². The maximum atomic E-state index is 12.4. The molecule has 1 aromatic carbocycles. The molecule has 150 valence electrons. The maximum absolute atomic E-state index is 12.4. The summed E-state index contributed by atoms with van der Waals surface area (Å²) in [5.41, 5.74) is 1.13. The van der Waals surface area contributed by atoms with Crippen LogP contribution >= 0.6 is 0 Å². The van der Waals surface area contributed by atoms with Gasteiger partial charge in [0.15, 0.2) is 11.8 Å². The Morgan fingerprint density at radius 1 is 1.28 bits per heavy atom. The van der Waals surface area contributed by atoms with Crippen molar-refractivity contribution in [1.82, 2.24) is 9.38 Å². The molecule has 0 aliphatic carbocycles. The highest BCUT2D eigenvalue weighted by molar-refractivity contribution is 5.98. The number of anilines is 1. The summed E-state index contributed by atoms with van der Waals surface area (Å²) in [6, 6.07) is 9.41. The predicted molar refractivity (Wildman–Crippen MR) is 103 cm³/mol. The zero-order chi connectivity index (χ0) is 21.1. The average Bonchev–Trinajstić information content (AvgIpc) is 3.14. The van der Waals surface area contributed by atoms with Crippen molar-refractivity contribution in [1.29, 1.82) is 0 Å². The van der Waals surface area contributed by atoms with Crippen LogP contribution in [0.5, 0.6) is 5.75 Å². The molecule has 0 radical (unpaired) electrons. The Morgan fingerprint density at radius 2 is 2.03 bits per heavy atom. The number of aryl methyl sites for hydroxylation is 1. The van der Waals surface area contributed by atoms with Crippen LogP contribution in [-0.2, 0) is 9.53 Å². The van der Waals surface area contributed by atoms with Crippen LogP contribution in [0.2, 0.25) is 0 Å². The minimum absolute atomic E-state index is 0.0351. The number of amides is 1. The highest BCUT2D eigenvalue weighted by Crippen LogP contribution is 2.29. The number of carbonyl (C=O) groups excluding carboxylic acids is 2. The van der Waals surface area contributed by atoms with Crippen molar-refractivity contribution in [2.75, 3.05) is 12.4 Å². The van der Waals surface area contributed by atoms with E-state index in [-0.39, 0.29) is 22.8 Å². The molecule has 0 aliphatic heterocycles. The van der Waals surface area contributed by atoms with Gasteiger partial charge in [0, 0.05) is 11.9 Å². The van der Waals surface area contributed by atoms with Crippen LogP contribution in [0, 0.1) is 17.0 Å². The number of fused-ring (bicyclic) bond motifs is 1. The normalized spacial score (nSPS) is 11.7. The fourth-order valence-electron chi connectivity index (χ4n) is 2.65. The number of methoxy groups -OCH3 is 1. The minimum Gasteiger partial charge on any atom is -0.496 e. The molecule has 0 saturated carbocycles. The van der Waals surface area contributed by atoms with Gasteiger partial charge in [0.05, 0.1) is 18.1 Å². The molecule has 1 amide bonds. The van der Waals surface area contributed by atoms with E-state index in [2.05, 4.69) is 10.3 Å². The molecule has 0 spiro atoms. The minimum atomic E-state index is -1.20. The Kier molecular flexibility index (Phi) is 5.44. The van der Waals surface area contributed by atoms with E-state index < -0.39 is 22.9 Å². The average molecular weight is 398 g/mol. The molecule has 29 heavy (non-hydrogen) atoms. The van der Waals surface area contributed by atoms with Crippen LogP contribution in [0.3, 0.4) is 0 Å². The van der Waals surface area contributed by atoms with Gasteiger partial charge in [-0.2, -0.15) is 0 Å². The van der Waals surface area contributed by atoms with Crippen LogP contribution in [0.15, 0.2) is 42.6 Å². The van der Waals surface area contributed by atoms with Crippen LogP contribution < -0.4 is 10.1 Å². The molecule has 2 heterocycles. The summed E-state index contributed by atoms with van der Waals surface area (Å²) in [5, 5.41) is 13.6. The monoisotopic (exact) mass is 398 g/mol. The van der Waals surface area contributed by atoms with Gasteiger partial charge in [0.2, 0.25) is 0 Å². The van der Waals surface area contributed by atoms with E-state index >= 15 is 0 Å². The number of esters is 1. The second-order valence-corrected chi connectivity index (χ2v) is 6.20. The summed E-state index contributed by atoms with van der Waals surface area (Å²) in [7, 11) is 1.37. The number of nitrogens with one attached hydrogen (secondary N) is 1. The number of carbonyl (C=O) groups is 2. The summed E-state index contributed by atoms with van der Waals surface area (Å²) < 4.78 is 11.8. The molecule has 1 atom stereocenters. The molecular weight excluding hydrogens is 380 g/mol. The molecule has 0 aliphatic rings. The van der Waals surface area contributed by atoms with E-state index in [4.69, 9.17) is 9.47 Å². The smallest absolute Gasteiger partial charge is 0.359 e. The molecule has 3 aromatic rings. The molecule has 1 N–H and O–H groups in total. The van der Waals surface area contributed by atoms with Gasteiger partial charge in [-0.1, -0.05) is 6.07 Å². The Labute approximate surface area is 165 Å². The van der Waals surface area contributed by atoms with Gasteiger partial charge >= 0.3 is 5.97 Å². The molecule has 10 nitrogen and oxygen atoms in total. The van der Waals surface area contributed by atoms with Crippen molar-refractivity contribution in [3.05, 3.63) is 64.1 Å². The fraction of sp³-hybridized carbons (Fsp3) is 0.211. The van der Waals surface area contributed by atoms with Gasteiger partial charge in [-0.25, -0.2) is 9.78 Å². The number of imidazole rings is 1. The third kappa shape index (κ3) is 4.15. The van der Waals surface area contributed by atoms with Crippen molar-refractivity contribution < 1.29 is 24.0 Å². The number of hydrogen-bond donors (Lipinski definition) is 1. The first-order valence-electron chi connectivity index (χ1n) is 8.59. The second-order valence-electron chi connectivity index (χ2n) is 6.20. The SMILES string of the molecule is COc1ccc(NC(=O)[C@H](C)OC(=O)c2cn3c(C)cccc3n2)c([N+](=O)[O-])c1. The number of nitrogens with zero attached hydrogens (tertiary/aromatic N) is 3. The predicted octanol–water partition coefficient (Wildman–Crippen LogP) is 2.74. The Balaban J connectivity index is 1.72. The summed E-state index contributed by atoms with van der Waals surface area (Å²) >= 11 is 0. The lowest BCUT2D eigenvalue weighted by atomic mass is 10.2. The van der Waals surface area contributed by atoms with Crippen molar-refractivity contribution in [3.63, 3.8) is 0 Å². The van der Waals surface area contributed by atoms with E-state index in [9.17, 15) is 19.7 Å². The third-order valence-corrected chi connectivity index (χ3v) is 4.22. The first-order chi connectivity index (χ1) is 13.8. The fourth-order valence-corrected chi connectivity index (χ4v) is 2.65. The second kappa shape index (κ2) is 7.97. The van der Waals surface area contributed by atoms with Gasteiger partial charge in [0.25, 0.3) is 11.6 Å². The highest BCUT2D eigenvalue weighted by Gasteiger charge is 2.24. The van der Waals surface area contributed by atoms with Crippen molar-refractivity contribution in [2.45, 2.75) is 20.0 Å². The number of hydrogen-bond acceptors (Lipinski definition) is 7. The Bertz CT molecular complexity index is 1110. The number of nitro benzene ring substituents is 1. The van der Waals surface area contributed by atoms with E-state index in [0.717, 1.165) is 5.69 Å². The van der Waals surface area contributed by atoms with E-state index in [0.29, 0.717) is 5.65 Å². The maximum Gasteiger partial charge on any atom is 0.359 e. The van der Waals surface area contributed by atoms with Gasteiger partial charge in [-0.15, -0.1) is 0 Å². The van der Waals surface area contributed by atoms with Crippen LogP contribution in [0.4, 0.5) is 11.4 Å². The van der Waals surface area contributed by atoms with E-state index in [1.807, 2.05) is 19.1 Å². The third-order valence-electron chi connectivity index (χ3n) is 4.22. The van der Waals surface area contributed by atoms with Gasteiger partial charge in [-0.3, -0.25) is 14.9 Å². The number of ether oxygens (including phenoxy) is 2. The van der Waals surface area contributed by atoms with Crippen LogP contribution in [-0.4, -0.2) is 39.4 Å². The largest absolute Gasteiger partial charge is 0.496 e. The number of aromatic nitrogens is 2. The molecule has 3 rings (SSSR count). The standard InChI is InChI=1S/C19H18N4O6/c1-11-5-4-6-17-20-15(10-22(11)17)19(25)29-12(2)18(24)21-14-8-7-13(28-3)9-16(14)23(26)27/h4-10,12H,1-3H3,(H,21,24)/t12-/m0/s1. The quantitative estimate of drug-likeness (QED) is 0.384. The van der Waals surface area contributed by atoms with Crippen LogP contribution in [0.1, 0.15) is 23.1 Å². The van der Waals surface area contributed by atoms with Crippen LogP contribution in [0.25, 0.3) is 5.65 Å². The number of rotatable bonds is 6. The van der Waals surface area contributed by atoms with Crippen molar-refractivity contribution in [2.24, 2.45) is 0 Å². The lowest BCUT2D eigenvalue weighted by Gasteiger charge is -2.13. The number of pyridine rings is 1. The first-order valence-corrected chi connectivity index (χ1v) is 8.59. The summed E-state index contributed by atoms with van der Waals surface area (Å²) in [6.07, 6.45) is 0.321. The van der Waals surface area contributed by atoms with Crippen molar-refractivity contribution in [3.8, 4) is 5.75 Å². The molecule has 0 fully saturated rings. The van der Waals surface area contributed by atoms with E-state index in [1.165, 1.54) is 38.4 Å². The van der Waals surface area contributed by atoms with Gasteiger partial charge in [-0.05, 0) is 38.1 Å². The first kappa shape index (κ1) is 19.8. The lowest BCUT2D eigenvalue weighted by Crippen LogP contribution is -2.30. The van der Waals surface area contributed by atoms with E-state index in [1.54, 1.807) is 10.5 Å². The molecule has 0 bridgehead atoms. The molecular formula is C19H18N4O6. The zero-order valence-electron chi connectivity index (χ0n) is 15.9. The number of nitro groups is 1. The summed E-state index contributed by atoms with van der Waals surface area (Å²) in [4.78, 5) is 39.5. The molecule has 10 heteroatoms. The number of benzene rings is 1. The molecule has 2 aromatic heterocycles. The Hall–Kier alpha value is -3.95. The highest BCUT2D eigenvalue weighted by atomic mass is 16.6. The van der Waals surface area contributed by atoms with Gasteiger partial charge < -0.3 is 19.2 Å². The zero-order valence-corrected chi connectivity index (χ0v) is 15.9. The Morgan fingerprint density at radius 3 is 2.69 bits per heavy atom. The molecule has 0 unspecified atom stereocenters. The summed E-state index contributed by atoms with van der Waals surface area (Å²) in [5.74, 6) is -1.22. The lowest BCUT2D eigenvalue weighted by molar-refractivity contribution is -0.384. The van der Waals surface area contributed by atoms with Crippen molar-refractivity contribution >= 4 is 28.9 Å². The topological polar surface area (TPSA) is 125 Å².